The van der Waals surface area contributed by atoms with Gasteiger partial charge < -0.3 is 0 Å². The lowest BCUT2D eigenvalue weighted by molar-refractivity contribution is 0.859. The van der Waals surface area contributed by atoms with E-state index >= 15 is 0 Å². The quantitative estimate of drug-likeness (QED) is 0.733. The van der Waals surface area contributed by atoms with Gasteiger partial charge in [0, 0.05) is 0 Å². The van der Waals surface area contributed by atoms with Gasteiger partial charge in [0.1, 0.15) is 0 Å². The minimum Gasteiger partial charge on any atom is -0.197 e. The van der Waals surface area contributed by atoms with Crippen molar-refractivity contribution >= 4 is 11.5 Å². The lowest BCUT2D eigenvalue weighted by Crippen LogP contribution is -1.90. The van der Waals surface area contributed by atoms with Crippen LogP contribution in [0.3, 0.4) is 0 Å². The van der Waals surface area contributed by atoms with E-state index in [1.165, 1.54) is 21.7 Å². The molecule has 0 bridgehead atoms. The molecule has 0 saturated carbocycles. The summed E-state index contributed by atoms with van der Waals surface area (Å²) in [6.45, 7) is 6.55. The van der Waals surface area contributed by atoms with Gasteiger partial charge in [-0.05, 0) is 35.5 Å². The summed E-state index contributed by atoms with van der Waals surface area (Å²) in [6, 6.07) is 10.5. The van der Waals surface area contributed by atoms with Crippen molar-refractivity contribution in [3.8, 4) is 10.4 Å². The van der Waals surface area contributed by atoms with Crippen LogP contribution in [-0.2, 0) is 0 Å². The van der Waals surface area contributed by atoms with E-state index in [4.69, 9.17) is 0 Å². The first kappa shape index (κ1) is 10.4. The summed E-state index contributed by atoms with van der Waals surface area (Å²) in [6.07, 6.45) is 0. The van der Waals surface area contributed by atoms with Crippen LogP contribution in [0.15, 0.2) is 30.3 Å². The van der Waals surface area contributed by atoms with E-state index in [1.807, 2.05) is 6.07 Å². The molecule has 1 heterocycles. The number of benzene rings is 1. The summed E-state index contributed by atoms with van der Waals surface area (Å²) in [5.41, 5.74) is 3.85. The van der Waals surface area contributed by atoms with Crippen molar-refractivity contribution in [2.75, 3.05) is 0 Å². The molecule has 15 heavy (non-hydrogen) atoms. The Morgan fingerprint density at radius 3 is 2.40 bits per heavy atom. The molecule has 1 aromatic carbocycles. The number of rotatable bonds is 2. The van der Waals surface area contributed by atoms with E-state index in [9.17, 15) is 0 Å². The molecule has 0 spiro atoms. The molecule has 0 saturated heterocycles. The third-order valence-corrected chi connectivity index (χ3v) is 3.52. The van der Waals surface area contributed by atoms with Crippen LogP contribution in [0.4, 0.5) is 0 Å². The van der Waals surface area contributed by atoms with Gasteiger partial charge in [-0.15, -0.1) is 0 Å². The summed E-state index contributed by atoms with van der Waals surface area (Å²) in [5, 5.41) is 0. The van der Waals surface area contributed by atoms with Crippen molar-refractivity contribution in [2.45, 2.75) is 26.7 Å². The summed E-state index contributed by atoms with van der Waals surface area (Å²) < 4.78 is 4.46. The van der Waals surface area contributed by atoms with Crippen LogP contribution in [-0.4, -0.2) is 4.37 Å². The third-order valence-electron chi connectivity index (χ3n) is 2.52. The van der Waals surface area contributed by atoms with Crippen LogP contribution >= 0.6 is 11.5 Å². The van der Waals surface area contributed by atoms with E-state index in [2.05, 4.69) is 49.4 Å². The van der Waals surface area contributed by atoms with E-state index in [1.54, 1.807) is 11.5 Å². The van der Waals surface area contributed by atoms with Crippen LogP contribution in [0.2, 0.25) is 0 Å². The number of aryl methyl sites for hydroxylation is 1. The Kier molecular flexibility index (Phi) is 2.87. The lowest BCUT2D eigenvalue weighted by atomic mass is 9.98. The predicted molar refractivity (Wildman–Crippen MR) is 66.4 cm³/mol. The van der Waals surface area contributed by atoms with Gasteiger partial charge in [0.25, 0.3) is 0 Å². The molecule has 0 aliphatic rings. The van der Waals surface area contributed by atoms with Crippen molar-refractivity contribution in [1.29, 1.82) is 0 Å². The molecule has 0 aliphatic heterocycles. The molecule has 0 amide bonds. The molecule has 78 valence electrons. The highest BCUT2D eigenvalue weighted by atomic mass is 32.1. The van der Waals surface area contributed by atoms with Gasteiger partial charge >= 0.3 is 0 Å². The van der Waals surface area contributed by atoms with Crippen LogP contribution in [0.25, 0.3) is 10.4 Å². The molecule has 1 aromatic heterocycles. The molecule has 2 rings (SSSR count). The second-order valence-electron chi connectivity index (χ2n) is 4.03. The summed E-state index contributed by atoms with van der Waals surface area (Å²) in [5.74, 6) is 0.541. The normalized spacial score (nSPS) is 10.9. The van der Waals surface area contributed by atoms with Crippen molar-refractivity contribution < 1.29 is 0 Å². The Balaban J connectivity index is 2.54. The van der Waals surface area contributed by atoms with Gasteiger partial charge in [-0.2, -0.15) is 4.37 Å². The van der Waals surface area contributed by atoms with E-state index in [-0.39, 0.29) is 0 Å². The maximum absolute atomic E-state index is 4.46. The highest BCUT2D eigenvalue weighted by Crippen LogP contribution is 2.34. The molecule has 0 aliphatic carbocycles. The number of nitrogens with zero attached hydrogens (tertiary/aromatic N) is 1. The SMILES string of the molecule is Cc1nsc(-c2ccccc2)c1C(C)C. The second-order valence-corrected chi connectivity index (χ2v) is 4.80. The monoisotopic (exact) mass is 217 g/mol. The topological polar surface area (TPSA) is 12.9 Å². The second kappa shape index (κ2) is 4.15. The fourth-order valence-corrected chi connectivity index (χ4v) is 2.90. The number of hydrogen-bond donors (Lipinski definition) is 0. The zero-order valence-electron chi connectivity index (χ0n) is 9.32. The Morgan fingerprint density at radius 2 is 1.80 bits per heavy atom. The van der Waals surface area contributed by atoms with Gasteiger partial charge in [-0.3, -0.25) is 0 Å². The maximum Gasteiger partial charge on any atom is 0.0587 e. The van der Waals surface area contributed by atoms with Crippen LogP contribution in [0.5, 0.6) is 0 Å². The Bertz CT molecular complexity index is 443. The van der Waals surface area contributed by atoms with Gasteiger partial charge in [-0.1, -0.05) is 44.2 Å². The standard InChI is InChI=1S/C13H15NS/c1-9(2)12-10(3)14-15-13(12)11-7-5-4-6-8-11/h4-9H,1-3H3. The van der Waals surface area contributed by atoms with Crippen LogP contribution in [0.1, 0.15) is 31.0 Å². The van der Waals surface area contributed by atoms with Gasteiger partial charge in [0.2, 0.25) is 0 Å². The maximum atomic E-state index is 4.46. The lowest BCUT2D eigenvalue weighted by Gasteiger charge is -2.07. The summed E-state index contributed by atoms with van der Waals surface area (Å²) in [4.78, 5) is 1.32. The largest absolute Gasteiger partial charge is 0.197 e. The summed E-state index contributed by atoms with van der Waals surface area (Å²) >= 11 is 1.61. The molecule has 0 fully saturated rings. The molecular weight excluding hydrogens is 202 g/mol. The van der Waals surface area contributed by atoms with Gasteiger partial charge in [-0.25, -0.2) is 0 Å². The first-order chi connectivity index (χ1) is 7.20. The highest BCUT2D eigenvalue weighted by Gasteiger charge is 2.14. The average Bonchev–Trinajstić information content (AvgIpc) is 2.61. The molecule has 0 N–H and O–H groups in total. The Labute approximate surface area is 94.9 Å². The fraction of sp³-hybridized carbons (Fsp3) is 0.308. The first-order valence-electron chi connectivity index (χ1n) is 5.21. The van der Waals surface area contributed by atoms with E-state index in [0.29, 0.717) is 5.92 Å². The Hall–Kier alpha value is -1.15. The van der Waals surface area contributed by atoms with Crippen molar-refractivity contribution in [2.24, 2.45) is 0 Å². The minimum atomic E-state index is 0.541. The highest BCUT2D eigenvalue weighted by molar-refractivity contribution is 7.09. The average molecular weight is 217 g/mol. The zero-order valence-corrected chi connectivity index (χ0v) is 10.1. The smallest absolute Gasteiger partial charge is 0.0587 e. The fourth-order valence-electron chi connectivity index (χ4n) is 1.85. The molecule has 0 atom stereocenters. The van der Waals surface area contributed by atoms with Crippen molar-refractivity contribution in [1.82, 2.24) is 4.37 Å². The van der Waals surface area contributed by atoms with Crippen LogP contribution < -0.4 is 0 Å². The van der Waals surface area contributed by atoms with Crippen molar-refractivity contribution in [3.05, 3.63) is 41.6 Å². The zero-order chi connectivity index (χ0) is 10.8. The molecule has 0 unspecified atom stereocenters. The van der Waals surface area contributed by atoms with Crippen molar-refractivity contribution in [3.63, 3.8) is 0 Å². The third kappa shape index (κ3) is 1.95. The molecular formula is C13H15NS. The molecule has 1 nitrogen and oxygen atoms in total. The van der Waals surface area contributed by atoms with E-state index < -0.39 is 0 Å². The first-order valence-corrected chi connectivity index (χ1v) is 5.99. The number of hydrogen-bond acceptors (Lipinski definition) is 2. The van der Waals surface area contributed by atoms with Gasteiger partial charge in [0.15, 0.2) is 0 Å². The predicted octanol–water partition coefficient (Wildman–Crippen LogP) is 4.24. The van der Waals surface area contributed by atoms with Gasteiger partial charge in [0.05, 0.1) is 10.6 Å². The summed E-state index contributed by atoms with van der Waals surface area (Å²) in [7, 11) is 0. The minimum absolute atomic E-state index is 0.541. The van der Waals surface area contributed by atoms with Crippen LogP contribution in [0, 0.1) is 6.92 Å². The molecule has 2 heteroatoms. The molecule has 2 aromatic rings. The molecule has 0 radical (unpaired) electrons. The number of aromatic nitrogens is 1. The Morgan fingerprint density at radius 1 is 1.13 bits per heavy atom. The van der Waals surface area contributed by atoms with E-state index in [0.717, 1.165) is 0 Å².